The van der Waals surface area contributed by atoms with Crippen LogP contribution < -0.4 is 0 Å². The molecule has 0 aromatic heterocycles. The standard InChI is InChI=1S/C20H23NO5S/c1-15-8-9-18(20(22)26-16(2)17-6-4-3-5-7-17)14-19(15)27(23,24)21-10-12-25-13-11-21/h3-9,14,16H,10-13H2,1-2H3/t16-/m1/s1. The fourth-order valence-corrected chi connectivity index (χ4v) is 4.61. The molecular formula is C20H23NO5S. The lowest BCUT2D eigenvalue weighted by molar-refractivity contribution is 0.0337. The van der Waals surface area contributed by atoms with Gasteiger partial charge in [0.25, 0.3) is 0 Å². The first kappa shape index (κ1) is 19.5. The van der Waals surface area contributed by atoms with Gasteiger partial charge in [-0.3, -0.25) is 0 Å². The fourth-order valence-electron chi connectivity index (χ4n) is 2.95. The van der Waals surface area contributed by atoms with Crippen LogP contribution in [0.2, 0.25) is 0 Å². The number of sulfonamides is 1. The maximum Gasteiger partial charge on any atom is 0.338 e. The lowest BCUT2D eigenvalue weighted by Crippen LogP contribution is -2.40. The van der Waals surface area contributed by atoms with E-state index >= 15 is 0 Å². The maximum atomic E-state index is 12.9. The van der Waals surface area contributed by atoms with E-state index in [1.165, 1.54) is 10.4 Å². The Morgan fingerprint density at radius 2 is 1.78 bits per heavy atom. The highest BCUT2D eigenvalue weighted by Gasteiger charge is 2.28. The molecule has 0 N–H and O–H groups in total. The summed E-state index contributed by atoms with van der Waals surface area (Å²) < 4.78 is 38.0. The fraction of sp³-hybridized carbons (Fsp3) is 0.350. The second-order valence-corrected chi connectivity index (χ2v) is 8.36. The van der Waals surface area contributed by atoms with Crippen LogP contribution in [0.15, 0.2) is 53.4 Å². The van der Waals surface area contributed by atoms with Crippen LogP contribution in [-0.4, -0.2) is 45.0 Å². The first-order valence-corrected chi connectivity index (χ1v) is 10.3. The van der Waals surface area contributed by atoms with Crippen molar-refractivity contribution in [1.29, 1.82) is 0 Å². The van der Waals surface area contributed by atoms with Gasteiger partial charge in [-0.15, -0.1) is 0 Å². The van der Waals surface area contributed by atoms with Crippen LogP contribution in [0.4, 0.5) is 0 Å². The lowest BCUT2D eigenvalue weighted by Gasteiger charge is -2.26. The van der Waals surface area contributed by atoms with Crippen molar-refractivity contribution in [3.8, 4) is 0 Å². The predicted octanol–water partition coefficient (Wildman–Crippen LogP) is 2.93. The maximum absolute atomic E-state index is 12.9. The zero-order valence-electron chi connectivity index (χ0n) is 15.4. The molecule has 27 heavy (non-hydrogen) atoms. The molecule has 2 aromatic carbocycles. The monoisotopic (exact) mass is 389 g/mol. The summed E-state index contributed by atoms with van der Waals surface area (Å²) in [5.74, 6) is -0.551. The van der Waals surface area contributed by atoms with Crippen LogP contribution in [0.1, 0.15) is 34.5 Å². The van der Waals surface area contributed by atoms with Gasteiger partial charge in [0.2, 0.25) is 10.0 Å². The average molecular weight is 389 g/mol. The van der Waals surface area contributed by atoms with E-state index in [1.54, 1.807) is 26.0 Å². The molecule has 1 fully saturated rings. The molecule has 1 saturated heterocycles. The van der Waals surface area contributed by atoms with Crippen molar-refractivity contribution in [2.24, 2.45) is 0 Å². The highest BCUT2D eigenvalue weighted by atomic mass is 32.2. The number of esters is 1. The Bertz CT molecular complexity index is 905. The van der Waals surface area contributed by atoms with Crippen LogP contribution in [0.25, 0.3) is 0 Å². The van der Waals surface area contributed by atoms with Gasteiger partial charge in [0, 0.05) is 13.1 Å². The predicted molar refractivity (Wildman–Crippen MR) is 101 cm³/mol. The molecule has 1 aliphatic rings. The van der Waals surface area contributed by atoms with Gasteiger partial charge in [0.1, 0.15) is 6.10 Å². The Balaban J connectivity index is 1.83. The normalized spacial score (nSPS) is 16.7. The van der Waals surface area contributed by atoms with Crippen molar-refractivity contribution < 1.29 is 22.7 Å². The van der Waals surface area contributed by atoms with E-state index in [9.17, 15) is 13.2 Å². The molecule has 0 aliphatic carbocycles. The van der Waals surface area contributed by atoms with E-state index < -0.39 is 22.1 Å². The highest BCUT2D eigenvalue weighted by molar-refractivity contribution is 7.89. The molecule has 3 rings (SSSR count). The van der Waals surface area contributed by atoms with Gasteiger partial charge in [-0.2, -0.15) is 4.31 Å². The molecule has 0 amide bonds. The van der Waals surface area contributed by atoms with Gasteiger partial charge in [0.15, 0.2) is 0 Å². The van der Waals surface area contributed by atoms with Crippen molar-refractivity contribution in [3.05, 3.63) is 65.2 Å². The molecule has 7 heteroatoms. The summed E-state index contributed by atoms with van der Waals surface area (Å²) in [6.45, 7) is 4.86. The van der Waals surface area contributed by atoms with Crippen molar-refractivity contribution in [2.45, 2.75) is 24.8 Å². The van der Waals surface area contributed by atoms with Gasteiger partial charge in [0.05, 0.1) is 23.7 Å². The largest absolute Gasteiger partial charge is 0.454 e. The third kappa shape index (κ3) is 4.37. The molecule has 0 bridgehead atoms. The van der Waals surface area contributed by atoms with Gasteiger partial charge in [-0.05, 0) is 37.1 Å². The molecule has 0 spiro atoms. The number of benzene rings is 2. The summed E-state index contributed by atoms with van der Waals surface area (Å²) in [4.78, 5) is 12.7. The molecule has 0 unspecified atom stereocenters. The number of aryl methyl sites for hydroxylation is 1. The average Bonchev–Trinajstić information content (AvgIpc) is 2.69. The van der Waals surface area contributed by atoms with Crippen molar-refractivity contribution in [2.75, 3.05) is 26.3 Å². The topological polar surface area (TPSA) is 72.9 Å². The number of morpholine rings is 1. The number of rotatable bonds is 5. The minimum absolute atomic E-state index is 0.131. The Morgan fingerprint density at radius 1 is 1.11 bits per heavy atom. The first-order chi connectivity index (χ1) is 12.9. The summed E-state index contributed by atoms with van der Waals surface area (Å²) >= 11 is 0. The highest BCUT2D eigenvalue weighted by Crippen LogP contribution is 2.24. The van der Waals surface area contributed by atoms with Crippen LogP contribution in [0, 0.1) is 6.92 Å². The van der Waals surface area contributed by atoms with E-state index in [1.807, 2.05) is 30.3 Å². The number of carbonyl (C=O) groups is 1. The van der Waals surface area contributed by atoms with E-state index in [4.69, 9.17) is 9.47 Å². The number of hydrogen-bond acceptors (Lipinski definition) is 5. The molecule has 6 nitrogen and oxygen atoms in total. The second kappa shape index (κ2) is 8.21. The lowest BCUT2D eigenvalue weighted by atomic mass is 10.1. The SMILES string of the molecule is Cc1ccc(C(=O)O[C@H](C)c2ccccc2)cc1S(=O)(=O)N1CCOCC1. The number of ether oxygens (including phenoxy) is 2. The van der Waals surface area contributed by atoms with Crippen molar-refractivity contribution in [3.63, 3.8) is 0 Å². The van der Waals surface area contributed by atoms with Crippen LogP contribution in [-0.2, 0) is 19.5 Å². The van der Waals surface area contributed by atoms with Gasteiger partial charge in [-0.1, -0.05) is 36.4 Å². The van der Waals surface area contributed by atoms with Crippen molar-refractivity contribution >= 4 is 16.0 Å². The molecule has 144 valence electrons. The summed E-state index contributed by atoms with van der Waals surface area (Å²) in [6.07, 6.45) is -0.431. The van der Waals surface area contributed by atoms with E-state index in [0.29, 0.717) is 31.9 Å². The minimum Gasteiger partial charge on any atom is -0.454 e. The number of hydrogen-bond donors (Lipinski definition) is 0. The molecule has 2 aromatic rings. The number of carbonyl (C=O) groups excluding carboxylic acids is 1. The third-order valence-electron chi connectivity index (χ3n) is 4.56. The smallest absolute Gasteiger partial charge is 0.338 e. The summed E-state index contributed by atoms with van der Waals surface area (Å²) in [5, 5.41) is 0. The van der Waals surface area contributed by atoms with Gasteiger partial charge in [-0.25, -0.2) is 13.2 Å². The molecule has 1 heterocycles. The summed E-state index contributed by atoms with van der Waals surface area (Å²) in [6, 6.07) is 14.0. The first-order valence-electron chi connectivity index (χ1n) is 8.84. The van der Waals surface area contributed by atoms with Crippen LogP contribution in [0.5, 0.6) is 0 Å². The number of nitrogens with zero attached hydrogens (tertiary/aromatic N) is 1. The van der Waals surface area contributed by atoms with E-state index in [0.717, 1.165) is 5.56 Å². The minimum atomic E-state index is -3.68. The molecule has 0 radical (unpaired) electrons. The third-order valence-corrected chi connectivity index (χ3v) is 6.61. The molecule has 1 aliphatic heterocycles. The Labute approximate surface area is 159 Å². The van der Waals surface area contributed by atoms with Crippen molar-refractivity contribution in [1.82, 2.24) is 4.31 Å². The summed E-state index contributed by atoms with van der Waals surface area (Å²) in [5.41, 5.74) is 1.68. The zero-order chi connectivity index (χ0) is 19.4. The van der Waals surface area contributed by atoms with E-state index in [2.05, 4.69) is 0 Å². The molecular weight excluding hydrogens is 366 g/mol. The Hall–Kier alpha value is -2.22. The van der Waals surface area contributed by atoms with Gasteiger partial charge < -0.3 is 9.47 Å². The molecule has 1 atom stereocenters. The Morgan fingerprint density at radius 3 is 2.44 bits per heavy atom. The quantitative estimate of drug-likeness (QED) is 0.735. The van der Waals surface area contributed by atoms with Crippen LogP contribution >= 0.6 is 0 Å². The van der Waals surface area contributed by atoms with Gasteiger partial charge >= 0.3 is 5.97 Å². The Kier molecular flexibility index (Phi) is 5.94. The zero-order valence-corrected chi connectivity index (χ0v) is 16.2. The van der Waals surface area contributed by atoms with Crippen LogP contribution in [0.3, 0.4) is 0 Å². The van der Waals surface area contributed by atoms with E-state index in [-0.39, 0.29) is 10.5 Å². The molecule has 0 saturated carbocycles. The second-order valence-electron chi connectivity index (χ2n) is 6.45. The summed E-state index contributed by atoms with van der Waals surface area (Å²) in [7, 11) is -3.68.